The van der Waals surface area contributed by atoms with Crippen molar-refractivity contribution in [3.63, 3.8) is 0 Å². The number of carbonyl (C=O) groups is 1. The summed E-state index contributed by atoms with van der Waals surface area (Å²) in [4.78, 5) is 20.7. The first-order chi connectivity index (χ1) is 12.0. The third-order valence-corrected chi connectivity index (χ3v) is 3.27. The maximum Gasteiger partial charge on any atom is 0.274 e. The Labute approximate surface area is 142 Å². The van der Waals surface area contributed by atoms with Crippen molar-refractivity contribution in [2.45, 2.75) is 6.92 Å². The molecular formula is C18H14F2N4O. The zero-order valence-electron chi connectivity index (χ0n) is 13.3. The number of carbonyl (C=O) groups excluding carboxylic acids is 1. The van der Waals surface area contributed by atoms with E-state index in [9.17, 15) is 13.6 Å². The standard InChI is InChI=1S/C18H14F2N4O/c1-11-9-16(17(25)22-15-4-2-3-13(20)10-15)24-18(21-11)23-14-7-5-12(19)6-8-14/h2-10H,1H3,(H,22,25)(H,21,23,24). The van der Waals surface area contributed by atoms with Crippen molar-refractivity contribution in [3.05, 3.63) is 77.6 Å². The summed E-state index contributed by atoms with van der Waals surface area (Å²) in [7, 11) is 0. The molecule has 0 aliphatic heterocycles. The maximum atomic E-state index is 13.2. The zero-order valence-corrected chi connectivity index (χ0v) is 13.3. The van der Waals surface area contributed by atoms with E-state index in [4.69, 9.17) is 0 Å². The van der Waals surface area contributed by atoms with Crippen LogP contribution < -0.4 is 10.6 Å². The molecule has 2 N–H and O–H groups in total. The summed E-state index contributed by atoms with van der Waals surface area (Å²) < 4.78 is 26.2. The molecule has 7 heteroatoms. The van der Waals surface area contributed by atoms with E-state index in [2.05, 4.69) is 20.6 Å². The molecule has 0 fully saturated rings. The van der Waals surface area contributed by atoms with Gasteiger partial charge in [0, 0.05) is 17.1 Å². The summed E-state index contributed by atoms with van der Waals surface area (Å²) in [6.07, 6.45) is 0. The second-order valence-electron chi connectivity index (χ2n) is 5.31. The van der Waals surface area contributed by atoms with Crippen LogP contribution in [0, 0.1) is 18.6 Å². The molecule has 0 radical (unpaired) electrons. The highest BCUT2D eigenvalue weighted by molar-refractivity contribution is 6.03. The Morgan fingerprint density at radius 3 is 2.40 bits per heavy atom. The number of nitrogens with zero attached hydrogens (tertiary/aromatic N) is 2. The van der Waals surface area contributed by atoms with Crippen LogP contribution in [0.1, 0.15) is 16.2 Å². The number of rotatable bonds is 4. The van der Waals surface area contributed by atoms with Gasteiger partial charge >= 0.3 is 0 Å². The van der Waals surface area contributed by atoms with Crippen LogP contribution in [0.5, 0.6) is 0 Å². The number of halogens is 2. The number of anilines is 3. The first kappa shape index (κ1) is 16.5. The molecule has 2 aromatic carbocycles. The van der Waals surface area contributed by atoms with Crippen molar-refractivity contribution < 1.29 is 13.6 Å². The Kier molecular flexibility index (Phi) is 4.65. The van der Waals surface area contributed by atoms with Crippen molar-refractivity contribution in [2.75, 3.05) is 10.6 Å². The smallest absolute Gasteiger partial charge is 0.274 e. The molecule has 1 amide bonds. The normalized spacial score (nSPS) is 10.4. The van der Waals surface area contributed by atoms with Crippen LogP contribution in [0.25, 0.3) is 0 Å². The van der Waals surface area contributed by atoms with Crippen LogP contribution >= 0.6 is 0 Å². The molecule has 0 unspecified atom stereocenters. The minimum absolute atomic E-state index is 0.126. The van der Waals surface area contributed by atoms with Crippen LogP contribution in [0.4, 0.5) is 26.1 Å². The molecule has 0 saturated carbocycles. The molecule has 0 aliphatic rings. The summed E-state index contributed by atoms with van der Waals surface area (Å²) in [6.45, 7) is 1.72. The second kappa shape index (κ2) is 7.04. The van der Waals surface area contributed by atoms with Gasteiger partial charge < -0.3 is 10.6 Å². The molecule has 0 aliphatic carbocycles. The third-order valence-electron chi connectivity index (χ3n) is 3.27. The number of amides is 1. The van der Waals surface area contributed by atoms with Gasteiger partial charge in [-0.2, -0.15) is 0 Å². The lowest BCUT2D eigenvalue weighted by Gasteiger charge is -2.09. The van der Waals surface area contributed by atoms with Gasteiger partial charge in [-0.3, -0.25) is 4.79 Å². The van der Waals surface area contributed by atoms with Crippen molar-refractivity contribution in [1.82, 2.24) is 9.97 Å². The highest BCUT2D eigenvalue weighted by atomic mass is 19.1. The zero-order chi connectivity index (χ0) is 17.8. The molecule has 0 bridgehead atoms. The van der Waals surface area contributed by atoms with Crippen molar-refractivity contribution in [2.24, 2.45) is 0 Å². The molecule has 1 aromatic heterocycles. The van der Waals surface area contributed by atoms with Crippen molar-refractivity contribution in [3.8, 4) is 0 Å². The quantitative estimate of drug-likeness (QED) is 0.752. The van der Waals surface area contributed by atoms with Crippen LogP contribution in [-0.4, -0.2) is 15.9 Å². The fourth-order valence-corrected chi connectivity index (χ4v) is 2.16. The molecule has 1 heterocycles. The molecule has 0 atom stereocenters. The minimum atomic E-state index is -0.488. The summed E-state index contributed by atoms with van der Waals surface area (Å²) in [5.41, 5.74) is 1.61. The van der Waals surface area contributed by atoms with Crippen molar-refractivity contribution in [1.29, 1.82) is 0 Å². The highest BCUT2D eigenvalue weighted by Gasteiger charge is 2.11. The monoisotopic (exact) mass is 340 g/mol. The SMILES string of the molecule is Cc1cc(C(=O)Nc2cccc(F)c2)nc(Nc2ccc(F)cc2)n1. The van der Waals surface area contributed by atoms with E-state index >= 15 is 0 Å². The lowest BCUT2D eigenvalue weighted by molar-refractivity contribution is 0.102. The van der Waals surface area contributed by atoms with Gasteiger partial charge in [-0.05, 0) is 55.5 Å². The van der Waals surface area contributed by atoms with E-state index in [1.165, 1.54) is 48.5 Å². The van der Waals surface area contributed by atoms with Crippen LogP contribution in [0.2, 0.25) is 0 Å². The Hall–Kier alpha value is -3.35. The Bertz CT molecular complexity index is 913. The number of aromatic nitrogens is 2. The Balaban J connectivity index is 1.80. The van der Waals surface area contributed by atoms with E-state index in [0.29, 0.717) is 17.1 Å². The number of hydrogen-bond donors (Lipinski definition) is 2. The van der Waals surface area contributed by atoms with Gasteiger partial charge in [-0.15, -0.1) is 0 Å². The average Bonchev–Trinajstić information content (AvgIpc) is 2.56. The molecule has 0 spiro atoms. The van der Waals surface area contributed by atoms with Gasteiger partial charge in [0.1, 0.15) is 17.3 Å². The van der Waals surface area contributed by atoms with E-state index < -0.39 is 11.7 Å². The van der Waals surface area contributed by atoms with Gasteiger partial charge in [-0.1, -0.05) is 6.07 Å². The molecule has 126 valence electrons. The van der Waals surface area contributed by atoms with Gasteiger partial charge in [0.2, 0.25) is 5.95 Å². The van der Waals surface area contributed by atoms with E-state index in [0.717, 1.165) is 0 Å². The van der Waals surface area contributed by atoms with Crippen LogP contribution in [-0.2, 0) is 0 Å². The largest absolute Gasteiger partial charge is 0.324 e. The number of benzene rings is 2. The third kappa shape index (κ3) is 4.35. The average molecular weight is 340 g/mol. The summed E-state index contributed by atoms with van der Waals surface area (Å²) in [5, 5.41) is 5.49. The maximum absolute atomic E-state index is 13.2. The van der Waals surface area contributed by atoms with Gasteiger partial charge in [-0.25, -0.2) is 18.7 Å². The molecule has 0 saturated heterocycles. The summed E-state index contributed by atoms with van der Waals surface area (Å²) in [5.74, 6) is -1.09. The van der Waals surface area contributed by atoms with Gasteiger partial charge in [0.05, 0.1) is 0 Å². The highest BCUT2D eigenvalue weighted by Crippen LogP contribution is 2.16. The predicted octanol–water partition coefficient (Wildman–Crippen LogP) is 4.06. The van der Waals surface area contributed by atoms with E-state index in [1.807, 2.05) is 0 Å². The fourth-order valence-electron chi connectivity index (χ4n) is 2.16. The first-order valence-corrected chi connectivity index (χ1v) is 7.45. The number of nitrogens with one attached hydrogen (secondary N) is 2. The predicted molar refractivity (Wildman–Crippen MR) is 90.8 cm³/mol. The molecule has 5 nitrogen and oxygen atoms in total. The van der Waals surface area contributed by atoms with Gasteiger partial charge in [0.25, 0.3) is 5.91 Å². The first-order valence-electron chi connectivity index (χ1n) is 7.45. The molecule has 3 aromatic rings. The molecular weight excluding hydrogens is 326 g/mol. The number of aryl methyl sites for hydroxylation is 1. The lowest BCUT2D eigenvalue weighted by atomic mass is 10.2. The fraction of sp³-hybridized carbons (Fsp3) is 0.0556. The summed E-state index contributed by atoms with van der Waals surface area (Å²) >= 11 is 0. The number of hydrogen-bond acceptors (Lipinski definition) is 4. The molecule has 3 rings (SSSR count). The van der Waals surface area contributed by atoms with Crippen molar-refractivity contribution >= 4 is 23.2 Å². The van der Waals surface area contributed by atoms with E-state index in [-0.39, 0.29) is 17.5 Å². The Morgan fingerprint density at radius 1 is 0.920 bits per heavy atom. The van der Waals surface area contributed by atoms with Crippen LogP contribution in [0.3, 0.4) is 0 Å². The van der Waals surface area contributed by atoms with E-state index in [1.54, 1.807) is 13.0 Å². The second-order valence-corrected chi connectivity index (χ2v) is 5.31. The summed E-state index contributed by atoms with van der Waals surface area (Å²) in [6, 6.07) is 12.8. The van der Waals surface area contributed by atoms with Gasteiger partial charge in [0.15, 0.2) is 0 Å². The van der Waals surface area contributed by atoms with Crippen LogP contribution in [0.15, 0.2) is 54.6 Å². The molecule has 25 heavy (non-hydrogen) atoms. The lowest BCUT2D eigenvalue weighted by Crippen LogP contribution is -2.15. The minimum Gasteiger partial charge on any atom is -0.324 e. The Morgan fingerprint density at radius 2 is 1.68 bits per heavy atom. The topological polar surface area (TPSA) is 66.9 Å².